The smallest absolute Gasteiger partial charge is 0.157 e. The number of hydrogen-bond donors (Lipinski definition) is 1. The lowest BCUT2D eigenvalue weighted by Gasteiger charge is -2.20. The third-order valence-corrected chi connectivity index (χ3v) is 4.36. The molecule has 1 saturated heterocycles. The molecule has 0 spiro atoms. The van der Waals surface area contributed by atoms with Crippen LogP contribution in [0.2, 0.25) is 0 Å². The molecule has 1 atom stereocenters. The SMILES string of the molecule is CCC1(C)CSC(=NCCOc2ccccc2)N1. The number of aliphatic imine (C=N–C) groups is 1. The summed E-state index contributed by atoms with van der Waals surface area (Å²) in [4.78, 5) is 4.53. The molecule has 0 aliphatic carbocycles. The Morgan fingerprint density at radius 1 is 1.39 bits per heavy atom. The Bertz CT molecular complexity index is 408. The fraction of sp³-hybridized carbons (Fsp3) is 0.500. The average Bonchev–Trinajstić information content (AvgIpc) is 2.79. The number of ether oxygens (including phenoxy) is 1. The Hall–Kier alpha value is -1.16. The highest BCUT2D eigenvalue weighted by molar-refractivity contribution is 8.14. The van der Waals surface area contributed by atoms with Crippen molar-refractivity contribution in [2.24, 2.45) is 4.99 Å². The van der Waals surface area contributed by atoms with E-state index in [1.54, 1.807) is 11.8 Å². The van der Waals surface area contributed by atoms with Crippen molar-refractivity contribution in [1.82, 2.24) is 5.32 Å². The molecule has 2 rings (SSSR count). The molecule has 98 valence electrons. The number of benzene rings is 1. The van der Waals surface area contributed by atoms with Gasteiger partial charge in [0.25, 0.3) is 0 Å². The van der Waals surface area contributed by atoms with Crippen LogP contribution in [-0.2, 0) is 0 Å². The molecule has 1 heterocycles. The molecular formula is C14H20N2OS. The molecule has 1 aliphatic rings. The molecule has 1 aromatic rings. The minimum atomic E-state index is 0.212. The van der Waals surface area contributed by atoms with Crippen LogP contribution in [0, 0.1) is 0 Å². The maximum atomic E-state index is 5.60. The molecule has 1 aliphatic heterocycles. The molecule has 1 fully saturated rings. The third kappa shape index (κ3) is 3.67. The maximum Gasteiger partial charge on any atom is 0.157 e. The van der Waals surface area contributed by atoms with E-state index in [0.29, 0.717) is 13.2 Å². The van der Waals surface area contributed by atoms with E-state index in [4.69, 9.17) is 4.74 Å². The van der Waals surface area contributed by atoms with Gasteiger partial charge in [0.2, 0.25) is 0 Å². The molecule has 0 aromatic heterocycles. The first-order valence-electron chi connectivity index (χ1n) is 6.35. The van der Waals surface area contributed by atoms with Crippen LogP contribution in [0.4, 0.5) is 0 Å². The summed E-state index contributed by atoms with van der Waals surface area (Å²) in [6.45, 7) is 5.76. The summed E-state index contributed by atoms with van der Waals surface area (Å²) < 4.78 is 5.60. The van der Waals surface area contributed by atoms with Crippen LogP contribution in [0.5, 0.6) is 5.75 Å². The monoisotopic (exact) mass is 264 g/mol. The molecule has 18 heavy (non-hydrogen) atoms. The molecular weight excluding hydrogens is 244 g/mol. The molecule has 1 aromatic carbocycles. The molecule has 0 saturated carbocycles. The van der Waals surface area contributed by atoms with E-state index in [-0.39, 0.29) is 5.54 Å². The van der Waals surface area contributed by atoms with Crippen LogP contribution in [0.3, 0.4) is 0 Å². The highest BCUT2D eigenvalue weighted by Crippen LogP contribution is 2.25. The van der Waals surface area contributed by atoms with E-state index in [0.717, 1.165) is 23.1 Å². The molecule has 3 nitrogen and oxygen atoms in total. The van der Waals surface area contributed by atoms with Gasteiger partial charge < -0.3 is 10.1 Å². The van der Waals surface area contributed by atoms with Gasteiger partial charge in [0.1, 0.15) is 12.4 Å². The molecule has 0 amide bonds. The second kappa shape index (κ2) is 6.14. The summed E-state index contributed by atoms with van der Waals surface area (Å²) in [5, 5.41) is 4.52. The normalized spacial score (nSPS) is 25.1. The van der Waals surface area contributed by atoms with Gasteiger partial charge in [-0.1, -0.05) is 36.9 Å². The van der Waals surface area contributed by atoms with Gasteiger partial charge in [-0.2, -0.15) is 0 Å². The number of hydrogen-bond acceptors (Lipinski definition) is 3. The van der Waals surface area contributed by atoms with Crippen molar-refractivity contribution < 1.29 is 4.74 Å². The van der Waals surface area contributed by atoms with Gasteiger partial charge in [0, 0.05) is 11.3 Å². The second-order valence-electron chi connectivity index (χ2n) is 4.68. The van der Waals surface area contributed by atoms with Gasteiger partial charge >= 0.3 is 0 Å². The van der Waals surface area contributed by atoms with Crippen molar-refractivity contribution in [3.05, 3.63) is 30.3 Å². The zero-order chi connectivity index (χ0) is 12.8. The average molecular weight is 264 g/mol. The topological polar surface area (TPSA) is 33.6 Å². The predicted molar refractivity (Wildman–Crippen MR) is 78.5 cm³/mol. The molecule has 0 radical (unpaired) electrons. The highest BCUT2D eigenvalue weighted by Gasteiger charge is 2.30. The highest BCUT2D eigenvalue weighted by atomic mass is 32.2. The number of amidine groups is 1. The van der Waals surface area contributed by atoms with E-state index < -0.39 is 0 Å². The maximum absolute atomic E-state index is 5.60. The van der Waals surface area contributed by atoms with Crippen molar-refractivity contribution in [2.45, 2.75) is 25.8 Å². The van der Waals surface area contributed by atoms with Crippen LogP contribution in [0.15, 0.2) is 35.3 Å². The number of nitrogens with zero attached hydrogens (tertiary/aromatic N) is 1. The van der Waals surface area contributed by atoms with Crippen molar-refractivity contribution in [2.75, 3.05) is 18.9 Å². The van der Waals surface area contributed by atoms with Crippen LogP contribution in [-0.4, -0.2) is 29.6 Å². The summed E-state index contributed by atoms with van der Waals surface area (Å²) in [7, 11) is 0. The Morgan fingerprint density at radius 2 is 2.17 bits per heavy atom. The summed E-state index contributed by atoms with van der Waals surface area (Å²) in [5.74, 6) is 2.00. The summed E-state index contributed by atoms with van der Waals surface area (Å²) in [6, 6.07) is 9.86. The lowest BCUT2D eigenvalue weighted by Crippen LogP contribution is -2.39. The summed E-state index contributed by atoms with van der Waals surface area (Å²) in [6.07, 6.45) is 1.12. The zero-order valence-electron chi connectivity index (χ0n) is 11.0. The van der Waals surface area contributed by atoms with Gasteiger partial charge in [-0.25, -0.2) is 0 Å². The standard InChI is InChI=1S/C14H20N2OS/c1-3-14(2)11-18-13(16-14)15-9-10-17-12-7-5-4-6-8-12/h4-8H,3,9-11H2,1-2H3,(H,15,16). The first-order chi connectivity index (χ1) is 8.72. The largest absolute Gasteiger partial charge is 0.492 e. The Kier molecular flexibility index (Phi) is 4.53. The molecule has 1 N–H and O–H groups in total. The lowest BCUT2D eigenvalue weighted by atomic mass is 10.0. The van der Waals surface area contributed by atoms with Crippen molar-refractivity contribution in [3.8, 4) is 5.75 Å². The van der Waals surface area contributed by atoms with Crippen LogP contribution < -0.4 is 10.1 Å². The van der Waals surface area contributed by atoms with Crippen LogP contribution in [0.1, 0.15) is 20.3 Å². The van der Waals surface area contributed by atoms with Crippen molar-refractivity contribution in [1.29, 1.82) is 0 Å². The molecule has 0 bridgehead atoms. The Labute approximate surface area is 113 Å². The van der Waals surface area contributed by atoms with Gasteiger partial charge in [-0.05, 0) is 25.5 Å². The second-order valence-corrected chi connectivity index (χ2v) is 5.64. The minimum absolute atomic E-state index is 0.212. The van der Waals surface area contributed by atoms with E-state index in [9.17, 15) is 0 Å². The van der Waals surface area contributed by atoms with Gasteiger partial charge in [-0.3, -0.25) is 4.99 Å². The van der Waals surface area contributed by atoms with Gasteiger partial charge in [0.05, 0.1) is 6.54 Å². The predicted octanol–water partition coefficient (Wildman–Crippen LogP) is 2.93. The number of thioether (sulfide) groups is 1. The molecule has 4 heteroatoms. The first-order valence-corrected chi connectivity index (χ1v) is 7.34. The van der Waals surface area contributed by atoms with Crippen LogP contribution >= 0.6 is 11.8 Å². The third-order valence-electron chi connectivity index (χ3n) is 3.08. The van der Waals surface area contributed by atoms with E-state index >= 15 is 0 Å². The number of rotatable bonds is 5. The Morgan fingerprint density at radius 3 is 2.83 bits per heavy atom. The number of nitrogens with one attached hydrogen (secondary N) is 1. The van der Waals surface area contributed by atoms with Gasteiger partial charge in [-0.15, -0.1) is 0 Å². The van der Waals surface area contributed by atoms with E-state index in [1.165, 1.54) is 0 Å². The first kappa shape index (κ1) is 13.3. The number of para-hydroxylation sites is 1. The van der Waals surface area contributed by atoms with Crippen molar-refractivity contribution in [3.63, 3.8) is 0 Å². The lowest BCUT2D eigenvalue weighted by molar-refractivity contribution is 0.328. The minimum Gasteiger partial charge on any atom is -0.492 e. The quantitative estimate of drug-likeness (QED) is 0.830. The van der Waals surface area contributed by atoms with E-state index in [1.807, 2.05) is 30.3 Å². The van der Waals surface area contributed by atoms with Crippen molar-refractivity contribution >= 4 is 16.9 Å². The summed E-state index contributed by atoms with van der Waals surface area (Å²) in [5.41, 5.74) is 0.212. The fourth-order valence-corrected chi connectivity index (χ4v) is 2.89. The van der Waals surface area contributed by atoms with E-state index in [2.05, 4.69) is 24.2 Å². The van der Waals surface area contributed by atoms with Gasteiger partial charge in [0.15, 0.2) is 5.17 Å². The van der Waals surface area contributed by atoms with Crippen LogP contribution in [0.25, 0.3) is 0 Å². The summed E-state index contributed by atoms with van der Waals surface area (Å²) >= 11 is 1.80. The fourth-order valence-electron chi connectivity index (χ4n) is 1.66. The Balaban J connectivity index is 1.73. The zero-order valence-corrected chi connectivity index (χ0v) is 11.8. The molecule has 1 unspecified atom stereocenters.